The molecule has 0 aliphatic carbocycles. The van der Waals surface area contributed by atoms with Crippen LogP contribution in [0.5, 0.6) is 0 Å². The summed E-state index contributed by atoms with van der Waals surface area (Å²) in [5.41, 5.74) is 5.44. The number of hydrogen-bond donors (Lipinski definition) is 2. The number of nitrogens with one attached hydrogen (secondary N) is 1. The molecule has 94 valence electrons. The molecule has 1 aliphatic rings. The maximum absolute atomic E-state index is 11.3. The van der Waals surface area contributed by atoms with E-state index >= 15 is 0 Å². The smallest absolute Gasteiger partial charge is 0.223 e. The van der Waals surface area contributed by atoms with E-state index in [9.17, 15) is 8.42 Å². The fraction of sp³-hybridized carbons (Fsp3) is 0.556. The number of hydrogen-bond acceptors (Lipinski definition) is 6. The molecular weight excluding hydrogens is 264 g/mol. The summed E-state index contributed by atoms with van der Waals surface area (Å²) in [6.07, 6.45) is 0.684. The van der Waals surface area contributed by atoms with Crippen LogP contribution in [0.25, 0.3) is 0 Å². The molecule has 1 fully saturated rings. The third kappa shape index (κ3) is 3.44. The van der Waals surface area contributed by atoms with Crippen LogP contribution in [-0.2, 0) is 9.84 Å². The molecule has 8 heteroatoms. The highest BCUT2D eigenvalue weighted by atomic mass is 35.5. The maximum Gasteiger partial charge on any atom is 0.223 e. The third-order valence-electron chi connectivity index (χ3n) is 2.61. The Hall–Kier alpha value is -1.08. The van der Waals surface area contributed by atoms with E-state index in [-0.39, 0.29) is 28.5 Å². The van der Waals surface area contributed by atoms with Gasteiger partial charge in [-0.2, -0.15) is 4.98 Å². The molecule has 1 unspecified atom stereocenters. The average molecular weight is 277 g/mol. The lowest BCUT2D eigenvalue weighted by Crippen LogP contribution is -2.16. The van der Waals surface area contributed by atoms with Crippen LogP contribution in [0, 0.1) is 5.92 Å². The van der Waals surface area contributed by atoms with E-state index in [4.69, 9.17) is 17.3 Å². The maximum atomic E-state index is 11.3. The first-order valence-corrected chi connectivity index (χ1v) is 7.39. The van der Waals surface area contributed by atoms with Gasteiger partial charge in [-0.25, -0.2) is 13.4 Å². The SMILES string of the molecule is Nc1nc(Cl)cc(NCC2CCS(=O)(=O)C2)n1. The van der Waals surface area contributed by atoms with E-state index in [0.29, 0.717) is 18.8 Å². The Kier molecular flexibility index (Phi) is 3.39. The van der Waals surface area contributed by atoms with Gasteiger partial charge in [0, 0.05) is 12.6 Å². The third-order valence-corrected chi connectivity index (χ3v) is 4.64. The van der Waals surface area contributed by atoms with Crippen molar-refractivity contribution in [3.8, 4) is 0 Å². The molecule has 0 radical (unpaired) electrons. The van der Waals surface area contributed by atoms with Crippen molar-refractivity contribution < 1.29 is 8.42 Å². The minimum Gasteiger partial charge on any atom is -0.370 e. The second-order valence-electron chi connectivity index (χ2n) is 4.08. The van der Waals surface area contributed by atoms with Gasteiger partial charge in [-0.3, -0.25) is 0 Å². The van der Waals surface area contributed by atoms with Crippen LogP contribution in [-0.4, -0.2) is 36.4 Å². The Bertz CT molecular complexity index is 499. The summed E-state index contributed by atoms with van der Waals surface area (Å²) in [7, 11) is -2.84. The molecule has 2 rings (SSSR count). The lowest BCUT2D eigenvalue weighted by Gasteiger charge is -2.10. The van der Waals surface area contributed by atoms with Gasteiger partial charge in [0.15, 0.2) is 9.84 Å². The van der Waals surface area contributed by atoms with E-state index in [1.165, 1.54) is 0 Å². The van der Waals surface area contributed by atoms with Crippen molar-refractivity contribution in [1.29, 1.82) is 0 Å². The minimum absolute atomic E-state index is 0.0963. The number of sulfone groups is 1. The number of rotatable bonds is 3. The molecule has 0 aromatic carbocycles. The predicted molar refractivity (Wildman–Crippen MR) is 66.7 cm³/mol. The van der Waals surface area contributed by atoms with Gasteiger partial charge in [0.2, 0.25) is 5.95 Å². The summed E-state index contributed by atoms with van der Waals surface area (Å²) >= 11 is 5.72. The van der Waals surface area contributed by atoms with Gasteiger partial charge in [0.1, 0.15) is 11.0 Å². The van der Waals surface area contributed by atoms with Gasteiger partial charge in [-0.15, -0.1) is 0 Å². The topological polar surface area (TPSA) is 98.0 Å². The molecule has 2 heterocycles. The van der Waals surface area contributed by atoms with Gasteiger partial charge in [-0.1, -0.05) is 11.6 Å². The van der Waals surface area contributed by atoms with Gasteiger partial charge in [0.25, 0.3) is 0 Å². The molecule has 1 aromatic rings. The Morgan fingerprint density at radius 3 is 2.88 bits per heavy atom. The Labute approximate surface area is 105 Å². The van der Waals surface area contributed by atoms with Crippen LogP contribution < -0.4 is 11.1 Å². The van der Waals surface area contributed by atoms with Gasteiger partial charge >= 0.3 is 0 Å². The van der Waals surface area contributed by atoms with Gasteiger partial charge in [0.05, 0.1) is 11.5 Å². The first-order chi connectivity index (χ1) is 7.94. The van der Waals surface area contributed by atoms with Crippen LogP contribution in [0.1, 0.15) is 6.42 Å². The summed E-state index contributed by atoms with van der Waals surface area (Å²) in [6.45, 7) is 0.548. The number of nitrogens with zero attached hydrogens (tertiary/aromatic N) is 2. The fourth-order valence-electron chi connectivity index (χ4n) is 1.81. The highest BCUT2D eigenvalue weighted by molar-refractivity contribution is 7.91. The quantitative estimate of drug-likeness (QED) is 0.783. The van der Waals surface area contributed by atoms with Crippen LogP contribution in [0.2, 0.25) is 5.15 Å². The lowest BCUT2D eigenvalue weighted by atomic mass is 10.1. The highest BCUT2D eigenvalue weighted by Crippen LogP contribution is 2.19. The predicted octanol–water partition coefficient (Wildman–Crippen LogP) is 0.559. The fourth-order valence-corrected chi connectivity index (χ4v) is 3.86. The van der Waals surface area contributed by atoms with Crippen molar-refractivity contribution in [2.45, 2.75) is 6.42 Å². The number of nitrogen functional groups attached to an aromatic ring is 1. The van der Waals surface area contributed by atoms with Crippen molar-refractivity contribution in [1.82, 2.24) is 9.97 Å². The number of aromatic nitrogens is 2. The van der Waals surface area contributed by atoms with Crippen molar-refractivity contribution in [3.63, 3.8) is 0 Å². The molecular formula is C9H13ClN4O2S. The summed E-state index contributed by atoms with van der Waals surface area (Å²) in [5.74, 6) is 1.24. The van der Waals surface area contributed by atoms with Gasteiger partial charge < -0.3 is 11.1 Å². The van der Waals surface area contributed by atoms with Crippen LogP contribution in [0.3, 0.4) is 0 Å². The van der Waals surface area contributed by atoms with E-state index < -0.39 is 9.84 Å². The molecule has 0 amide bonds. The zero-order valence-electron chi connectivity index (χ0n) is 9.06. The molecule has 17 heavy (non-hydrogen) atoms. The normalized spacial score (nSPS) is 22.5. The van der Waals surface area contributed by atoms with Crippen LogP contribution in [0.4, 0.5) is 11.8 Å². The number of nitrogens with two attached hydrogens (primary N) is 1. The summed E-state index contributed by atoms with van der Waals surface area (Å²) in [5, 5.41) is 3.29. The summed E-state index contributed by atoms with van der Waals surface area (Å²) in [4.78, 5) is 7.69. The molecule has 1 saturated heterocycles. The van der Waals surface area contributed by atoms with Crippen molar-refractivity contribution in [2.75, 3.05) is 29.1 Å². The van der Waals surface area contributed by atoms with E-state index in [1.807, 2.05) is 0 Å². The van der Waals surface area contributed by atoms with Gasteiger partial charge in [-0.05, 0) is 12.3 Å². The standard InChI is InChI=1S/C9H13ClN4O2S/c10-7-3-8(14-9(11)13-7)12-4-6-1-2-17(15,16)5-6/h3,6H,1-2,4-5H2,(H3,11,12,13,14). The molecule has 1 aliphatic heterocycles. The zero-order valence-corrected chi connectivity index (χ0v) is 10.6. The minimum atomic E-state index is -2.84. The highest BCUT2D eigenvalue weighted by Gasteiger charge is 2.27. The molecule has 0 saturated carbocycles. The molecule has 3 N–H and O–H groups in total. The molecule has 0 spiro atoms. The van der Waals surface area contributed by atoms with Crippen molar-refractivity contribution in [2.24, 2.45) is 5.92 Å². The second kappa shape index (κ2) is 4.66. The molecule has 1 aromatic heterocycles. The van der Waals surface area contributed by atoms with Crippen molar-refractivity contribution in [3.05, 3.63) is 11.2 Å². The Balaban J connectivity index is 1.94. The van der Waals surface area contributed by atoms with Crippen molar-refractivity contribution >= 4 is 33.2 Å². The first-order valence-electron chi connectivity index (χ1n) is 5.19. The zero-order chi connectivity index (χ0) is 12.5. The molecule has 0 bridgehead atoms. The second-order valence-corrected chi connectivity index (χ2v) is 6.70. The average Bonchev–Trinajstić information content (AvgIpc) is 2.54. The number of anilines is 2. The monoisotopic (exact) mass is 276 g/mol. The first kappa shape index (κ1) is 12.4. The summed E-state index contributed by atoms with van der Waals surface area (Å²) in [6, 6.07) is 1.56. The van der Waals surface area contributed by atoms with E-state index in [0.717, 1.165) is 0 Å². The Morgan fingerprint density at radius 1 is 1.53 bits per heavy atom. The largest absolute Gasteiger partial charge is 0.370 e. The Morgan fingerprint density at radius 2 is 2.29 bits per heavy atom. The number of halogens is 1. The molecule has 6 nitrogen and oxygen atoms in total. The van der Waals surface area contributed by atoms with Crippen LogP contribution >= 0.6 is 11.6 Å². The van der Waals surface area contributed by atoms with E-state index in [1.54, 1.807) is 6.07 Å². The molecule has 1 atom stereocenters. The lowest BCUT2D eigenvalue weighted by molar-refractivity contribution is 0.595. The summed E-state index contributed by atoms with van der Waals surface area (Å²) < 4.78 is 22.5. The van der Waals surface area contributed by atoms with E-state index in [2.05, 4.69) is 15.3 Å². The van der Waals surface area contributed by atoms with Crippen LogP contribution in [0.15, 0.2) is 6.07 Å².